The Hall–Kier alpha value is -2.41. The van der Waals surface area contributed by atoms with Crippen molar-refractivity contribution in [2.75, 3.05) is 6.54 Å². The van der Waals surface area contributed by atoms with Crippen LogP contribution in [0.15, 0.2) is 24.3 Å². The summed E-state index contributed by atoms with van der Waals surface area (Å²) >= 11 is 3.53. The number of allylic oxidation sites excluding steroid dienone is 4. The summed E-state index contributed by atoms with van der Waals surface area (Å²) in [6, 6.07) is -1.67. The van der Waals surface area contributed by atoms with Gasteiger partial charge in [0.2, 0.25) is 21.8 Å². The largest absolute Gasteiger partial charge is 0.444 e. The maximum atomic E-state index is 13.7. The van der Waals surface area contributed by atoms with Crippen molar-refractivity contribution in [3.8, 4) is 0 Å². The van der Waals surface area contributed by atoms with Gasteiger partial charge in [-0.25, -0.2) is 13.2 Å². The quantitative estimate of drug-likeness (QED) is 0.385. The second-order valence-electron chi connectivity index (χ2n) is 13.6. The number of fused-ring (bicyclic) bond motifs is 3. The molecule has 4 amide bonds. The summed E-state index contributed by atoms with van der Waals surface area (Å²) in [7, 11) is -4.05. The van der Waals surface area contributed by atoms with Gasteiger partial charge in [0, 0.05) is 12.5 Å². The first kappa shape index (κ1) is 32.0. The molecule has 0 radical (unpaired) electrons. The fraction of sp³-hybridized carbons (Fsp3) is 0.733. The number of sulfonamides is 1. The Morgan fingerprint density at radius 3 is 2.42 bits per heavy atom. The van der Waals surface area contributed by atoms with E-state index in [1.807, 2.05) is 6.08 Å². The molecule has 0 spiro atoms. The van der Waals surface area contributed by atoms with Crippen LogP contribution in [0.2, 0.25) is 0 Å². The molecule has 0 aromatic carbocycles. The zero-order valence-electron chi connectivity index (χ0n) is 25.1. The zero-order valence-corrected chi connectivity index (χ0v) is 27.5. The Kier molecular flexibility index (Phi) is 8.80. The van der Waals surface area contributed by atoms with E-state index < -0.39 is 60.7 Å². The molecule has 2 saturated carbocycles. The number of alkyl halides is 1. The lowest BCUT2D eigenvalue weighted by molar-refractivity contribution is -0.141. The highest BCUT2D eigenvalue weighted by molar-refractivity contribution is 9.10. The number of alkyl carbamates (subject to hydrolysis) is 1. The average Bonchev–Trinajstić information content (AvgIpc) is 3.69. The number of rotatable bonds is 4. The van der Waals surface area contributed by atoms with Crippen LogP contribution in [-0.2, 0) is 29.1 Å². The maximum absolute atomic E-state index is 13.7. The minimum absolute atomic E-state index is 0.192. The van der Waals surface area contributed by atoms with Gasteiger partial charge in [-0.2, -0.15) is 0 Å². The van der Waals surface area contributed by atoms with Gasteiger partial charge in [-0.1, -0.05) is 72.3 Å². The number of amides is 4. The van der Waals surface area contributed by atoms with Gasteiger partial charge in [0.25, 0.3) is 5.91 Å². The summed E-state index contributed by atoms with van der Waals surface area (Å²) in [4.78, 5) is 55.3. The van der Waals surface area contributed by atoms with E-state index >= 15 is 0 Å². The third kappa shape index (κ3) is 6.67. The van der Waals surface area contributed by atoms with Crippen molar-refractivity contribution < 1.29 is 32.3 Å². The number of ether oxygens (including phenoxy) is 1. The number of carbonyl (C=O) groups is 4. The molecular formula is C30H43BrN4O7S. The van der Waals surface area contributed by atoms with Gasteiger partial charge in [0.05, 0.1) is 4.32 Å². The predicted octanol–water partition coefficient (Wildman–Crippen LogP) is 3.19. The fourth-order valence-corrected chi connectivity index (χ4v) is 10.4. The number of hydrogen-bond acceptors (Lipinski definition) is 7. The molecule has 43 heavy (non-hydrogen) atoms. The molecule has 0 aromatic rings. The molecular weight excluding hydrogens is 640 g/mol. The molecule has 2 saturated heterocycles. The zero-order chi connectivity index (χ0) is 31.2. The number of halogens is 1. The molecule has 2 heterocycles. The summed E-state index contributed by atoms with van der Waals surface area (Å²) in [5.41, 5.74) is -2.08. The van der Waals surface area contributed by atoms with Crippen molar-refractivity contribution in [3.05, 3.63) is 24.3 Å². The smallest absolute Gasteiger partial charge is 0.408 e. The van der Waals surface area contributed by atoms with Crippen LogP contribution in [0.3, 0.4) is 0 Å². The van der Waals surface area contributed by atoms with Gasteiger partial charge in [-0.3, -0.25) is 19.1 Å². The van der Waals surface area contributed by atoms with Crippen LogP contribution in [0.1, 0.15) is 85.0 Å². The van der Waals surface area contributed by atoms with Crippen LogP contribution in [0, 0.1) is 11.8 Å². The van der Waals surface area contributed by atoms with E-state index in [1.165, 1.54) is 4.90 Å². The third-order valence-electron chi connectivity index (χ3n) is 9.24. The summed E-state index contributed by atoms with van der Waals surface area (Å²) < 4.78 is 33.7. The van der Waals surface area contributed by atoms with Crippen molar-refractivity contribution in [1.82, 2.24) is 20.3 Å². The van der Waals surface area contributed by atoms with E-state index in [-0.39, 0.29) is 17.7 Å². The molecule has 2 aliphatic heterocycles. The van der Waals surface area contributed by atoms with Crippen LogP contribution in [0.4, 0.5) is 4.79 Å². The van der Waals surface area contributed by atoms with E-state index in [9.17, 15) is 27.6 Å². The second kappa shape index (κ2) is 11.8. The van der Waals surface area contributed by atoms with Gasteiger partial charge in [-0.15, -0.1) is 0 Å². The predicted molar refractivity (Wildman–Crippen MR) is 163 cm³/mol. The topological polar surface area (TPSA) is 151 Å². The molecule has 3 N–H and O–H groups in total. The van der Waals surface area contributed by atoms with Crippen LogP contribution in [0.5, 0.6) is 0 Å². The minimum Gasteiger partial charge on any atom is -0.444 e. The highest BCUT2D eigenvalue weighted by atomic mass is 79.9. The highest BCUT2D eigenvalue weighted by Crippen LogP contribution is 2.58. The van der Waals surface area contributed by atoms with Gasteiger partial charge in [0.15, 0.2) is 0 Å². The fourth-order valence-electron chi connectivity index (χ4n) is 6.88. The van der Waals surface area contributed by atoms with Crippen LogP contribution < -0.4 is 15.4 Å². The lowest BCUT2D eigenvalue weighted by Gasteiger charge is -2.30. The minimum atomic E-state index is -4.05. The molecule has 0 aromatic heterocycles. The second-order valence-corrected chi connectivity index (χ2v) is 16.8. The van der Waals surface area contributed by atoms with E-state index in [0.717, 1.165) is 32.1 Å². The monoisotopic (exact) mass is 682 g/mol. The normalized spacial score (nSPS) is 36.2. The van der Waals surface area contributed by atoms with E-state index in [2.05, 4.69) is 31.3 Å². The average molecular weight is 684 g/mol. The number of hydrogen-bond donors (Lipinski definition) is 3. The molecule has 4 fully saturated rings. The Bertz CT molecular complexity index is 1330. The van der Waals surface area contributed by atoms with Crippen molar-refractivity contribution >= 4 is 49.8 Å². The van der Waals surface area contributed by atoms with Crippen LogP contribution in [-0.4, -0.2) is 76.5 Å². The number of nitrogens with zero attached hydrogens (tertiary/aromatic N) is 1. The number of nitrogens with one attached hydrogen (secondary N) is 3. The Labute approximate surface area is 262 Å². The first-order chi connectivity index (χ1) is 20.2. The Morgan fingerprint density at radius 2 is 1.74 bits per heavy atom. The molecule has 0 bridgehead atoms. The summed E-state index contributed by atoms with van der Waals surface area (Å²) in [6.45, 7) is 5.59. The lowest BCUT2D eigenvalue weighted by Crippen LogP contribution is -2.58. The molecule has 5 rings (SSSR count). The molecule has 3 unspecified atom stereocenters. The van der Waals surface area contributed by atoms with Gasteiger partial charge in [-0.05, 0) is 58.8 Å². The first-order valence-electron chi connectivity index (χ1n) is 15.4. The lowest BCUT2D eigenvalue weighted by atomic mass is 10.0. The van der Waals surface area contributed by atoms with Crippen molar-refractivity contribution in [2.45, 2.75) is 118 Å². The molecule has 238 valence electrons. The van der Waals surface area contributed by atoms with Crippen molar-refractivity contribution in [1.29, 1.82) is 0 Å². The SMILES string of the molecule is CC(C)(C)OC(=O)N[C@H]1CCCCCCC[C@@H]2C[C@@]2(C(=O)NS(=O)(=O)C2C3C=CC=CC32Br)NC(=O)[C@@H]2CCCN2C1=O. The van der Waals surface area contributed by atoms with Crippen molar-refractivity contribution in [3.63, 3.8) is 0 Å². The Morgan fingerprint density at radius 1 is 1.05 bits per heavy atom. The standard InChI is InChI=1S/C30H43BrN4O7S/c1-28(2,3)42-27(39)32-21-14-8-6-4-5-7-12-19-18-30(19,33-24(36)22-15-11-17-35(22)25(21)37)26(38)34-43(40,41)23-20-13-9-10-16-29(20,23)31/h9-10,13,16,19-23H,4-8,11-12,14-15,17-18H2,1-3H3,(H,32,39)(H,33,36)(H,34,38)/t19-,20?,21+,22+,23?,29?,30-/m1/s1. The molecule has 7 atom stereocenters. The summed E-state index contributed by atoms with van der Waals surface area (Å²) in [5.74, 6) is -2.02. The maximum Gasteiger partial charge on any atom is 0.408 e. The van der Waals surface area contributed by atoms with Gasteiger partial charge in [0.1, 0.15) is 28.5 Å². The van der Waals surface area contributed by atoms with E-state index in [1.54, 1.807) is 39.0 Å². The molecule has 3 aliphatic carbocycles. The molecule has 13 heteroatoms. The molecule has 11 nitrogen and oxygen atoms in total. The Balaban J connectivity index is 1.33. The van der Waals surface area contributed by atoms with Crippen LogP contribution >= 0.6 is 15.9 Å². The first-order valence-corrected chi connectivity index (χ1v) is 17.7. The molecule has 5 aliphatic rings. The van der Waals surface area contributed by atoms with Gasteiger partial charge < -0.3 is 20.3 Å². The van der Waals surface area contributed by atoms with E-state index in [4.69, 9.17) is 4.74 Å². The van der Waals surface area contributed by atoms with Crippen LogP contribution in [0.25, 0.3) is 0 Å². The van der Waals surface area contributed by atoms with Crippen molar-refractivity contribution in [2.24, 2.45) is 11.8 Å². The summed E-state index contributed by atoms with van der Waals surface area (Å²) in [5, 5.41) is 4.80. The highest BCUT2D eigenvalue weighted by Gasteiger charge is 2.69. The van der Waals surface area contributed by atoms with Gasteiger partial charge >= 0.3 is 6.09 Å². The summed E-state index contributed by atoms with van der Waals surface area (Å²) in [6.07, 6.45) is 13.2. The van der Waals surface area contributed by atoms with E-state index in [0.29, 0.717) is 38.6 Å². The third-order valence-corrected chi connectivity index (χ3v) is 12.7. The number of carbonyl (C=O) groups excluding carboxylic acids is 4.